The Morgan fingerprint density at radius 1 is 1.03 bits per heavy atom. The highest BCUT2D eigenvalue weighted by molar-refractivity contribution is 9.10. The van der Waals surface area contributed by atoms with Gasteiger partial charge in [0, 0.05) is 34.5 Å². The minimum Gasteiger partial charge on any atom is -0.454 e. The van der Waals surface area contributed by atoms with Crippen LogP contribution in [0.15, 0.2) is 52.1 Å². The van der Waals surface area contributed by atoms with Crippen LogP contribution in [-0.2, 0) is 16.0 Å². The Hall–Kier alpha value is -2.60. The third-order valence-electron chi connectivity index (χ3n) is 6.26. The van der Waals surface area contributed by atoms with Crippen molar-refractivity contribution >= 4 is 27.6 Å². The van der Waals surface area contributed by atoms with Crippen molar-refractivity contribution in [3.63, 3.8) is 0 Å². The molecule has 3 aliphatic rings. The molecule has 0 fully saturated rings. The molecule has 0 spiro atoms. The minimum atomic E-state index is -0.284. The average molecular weight is 468 g/mol. The lowest BCUT2D eigenvalue weighted by molar-refractivity contribution is -0.122. The molecule has 2 aliphatic heterocycles. The minimum absolute atomic E-state index is 0.0573. The van der Waals surface area contributed by atoms with Crippen molar-refractivity contribution in [3.8, 4) is 11.5 Å². The highest BCUT2D eigenvalue weighted by atomic mass is 79.9. The number of amides is 1. The summed E-state index contributed by atoms with van der Waals surface area (Å²) in [6, 6.07) is 12.2. The molecule has 0 bridgehead atoms. The predicted octanol–water partition coefficient (Wildman–Crippen LogP) is 4.74. The Labute approximate surface area is 183 Å². The number of rotatable bonds is 3. The summed E-state index contributed by atoms with van der Waals surface area (Å²) < 4.78 is 11.8. The molecular formula is C24H22BrNO4. The summed E-state index contributed by atoms with van der Waals surface area (Å²) in [5, 5.41) is 2.99. The first-order valence-electron chi connectivity index (χ1n) is 10.3. The molecule has 154 valence electrons. The summed E-state index contributed by atoms with van der Waals surface area (Å²) in [7, 11) is 0. The van der Waals surface area contributed by atoms with Gasteiger partial charge in [-0.3, -0.25) is 9.59 Å². The molecule has 1 N–H and O–H groups in total. The molecule has 30 heavy (non-hydrogen) atoms. The monoisotopic (exact) mass is 467 g/mol. The number of carbonyl (C=O) groups excluding carboxylic acids is 2. The number of allylic oxidation sites excluding steroid dienone is 2. The molecule has 0 saturated heterocycles. The zero-order chi connectivity index (χ0) is 20.8. The molecule has 1 amide bonds. The third kappa shape index (κ3) is 3.33. The predicted molar refractivity (Wildman–Crippen MR) is 116 cm³/mol. The van der Waals surface area contributed by atoms with Crippen molar-refractivity contribution in [1.82, 2.24) is 5.32 Å². The van der Waals surface area contributed by atoms with Gasteiger partial charge in [0.2, 0.25) is 12.7 Å². The molecule has 6 heteroatoms. The number of hydrogen-bond donors (Lipinski definition) is 1. The lowest BCUT2D eigenvalue weighted by Crippen LogP contribution is -2.38. The number of ether oxygens (including phenoxy) is 2. The van der Waals surface area contributed by atoms with Gasteiger partial charge >= 0.3 is 0 Å². The molecule has 2 heterocycles. The van der Waals surface area contributed by atoms with Crippen molar-refractivity contribution in [3.05, 3.63) is 68.8 Å². The molecule has 0 radical (unpaired) electrons. The van der Waals surface area contributed by atoms with Gasteiger partial charge in [0.25, 0.3) is 0 Å². The van der Waals surface area contributed by atoms with Crippen molar-refractivity contribution in [1.29, 1.82) is 0 Å². The van der Waals surface area contributed by atoms with Gasteiger partial charge in [-0.2, -0.15) is 0 Å². The lowest BCUT2D eigenvalue weighted by Gasteiger charge is -2.35. The molecule has 1 aliphatic carbocycles. The Bertz CT molecular complexity index is 1070. The average Bonchev–Trinajstić information content (AvgIpc) is 3.19. The normalized spacial score (nSPS) is 22.7. The molecule has 2 atom stereocenters. The van der Waals surface area contributed by atoms with Crippen molar-refractivity contribution < 1.29 is 19.1 Å². The van der Waals surface area contributed by atoms with Crippen LogP contribution in [0.2, 0.25) is 0 Å². The quantitative estimate of drug-likeness (QED) is 0.707. The van der Waals surface area contributed by atoms with E-state index in [1.807, 2.05) is 12.1 Å². The molecule has 0 aromatic heterocycles. The van der Waals surface area contributed by atoms with Gasteiger partial charge in [-0.25, -0.2) is 0 Å². The smallest absolute Gasteiger partial charge is 0.231 e. The van der Waals surface area contributed by atoms with E-state index in [9.17, 15) is 9.59 Å². The second-order valence-electron chi connectivity index (χ2n) is 8.05. The van der Waals surface area contributed by atoms with E-state index in [1.165, 1.54) is 5.56 Å². The van der Waals surface area contributed by atoms with Crippen LogP contribution in [0.1, 0.15) is 54.7 Å². The number of Topliss-reactive ketones (excluding diaryl/α,β-unsaturated/α-hetero) is 1. The molecule has 5 rings (SSSR count). The van der Waals surface area contributed by atoms with Gasteiger partial charge < -0.3 is 14.8 Å². The summed E-state index contributed by atoms with van der Waals surface area (Å²) in [6.07, 6.45) is 2.36. The summed E-state index contributed by atoms with van der Waals surface area (Å²) in [6.45, 7) is 2.31. The first-order valence-corrected chi connectivity index (χ1v) is 11.1. The first kappa shape index (κ1) is 19.4. The Morgan fingerprint density at radius 2 is 1.77 bits per heavy atom. The maximum atomic E-state index is 13.3. The van der Waals surface area contributed by atoms with Crippen molar-refractivity contribution in [2.75, 3.05) is 6.79 Å². The van der Waals surface area contributed by atoms with Gasteiger partial charge in [0.05, 0.1) is 0 Å². The van der Waals surface area contributed by atoms with E-state index in [1.54, 1.807) is 0 Å². The van der Waals surface area contributed by atoms with Crippen molar-refractivity contribution in [2.24, 2.45) is 0 Å². The van der Waals surface area contributed by atoms with E-state index < -0.39 is 0 Å². The van der Waals surface area contributed by atoms with Gasteiger partial charge in [-0.05, 0) is 47.6 Å². The first-order chi connectivity index (χ1) is 14.5. The SMILES string of the molecule is CCc1ccc(C2CC(=O)C3=C(C2)NC(=O)CC3c2cc3c(cc2Br)OCO3)cc1. The highest BCUT2D eigenvalue weighted by Gasteiger charge is 2.39. The number of ketones is 1. The van der Waals surface area contributed by atoms with Crippen LogP contribution in [0.4, 0.5) is 0 Å². The van der Waals surface area contributed by atoms with E-state index in [0.29, 0.717) is 24.3 Å². The van der Waals surface area contributed by atoms with E-state index in [0.717, 1.165) is 33.3 Å². The maximum absolute atomic E-state index is 13.3. The van der Waals surface area contributed by atoms with Crippen LogP contribution in [0.5, 0.6) is 11.5 Å². The Kier molecular flexibility index (Phi) is 4.89. The van der Waals surface area contributed by atoms with Gasteiger partial charge in [0.1, 0.15) is 0 Å². The summed E-state index contributed by atoms with van der Waals surface area (Å²) >= 11 is 3.60. The van der Waals surface area contributed by atoms with E-state index in [-0.39, 0.29) is 36.7 Å². The van der Waals surface area contributed by atoms with Crippen molar-refractivity contribution in [2.45, 2.75) is 44.4 Å². The van der Waals surface area contributed by atoms with Gasteiger partial charge in [-0.1, -0.05) is 47.1 Å². The molecule has 5 nitrogen and oxygen atoms in total. The summed E-state index contributed by atoms with van der Waals surface area (Å²) in [5.74, 6) is 1.17. The largest absolute Gasteiger partial charge is 0.454 e. The van der Waals surface area contributed by atoms with Crippen LogP contribution in [0.3, 0.4) is 0 Å². The highest BCUT2D eigenvalue weighted by Crippen LogP contribution is 2.47. The fourth-order valence-electron chi connectivity index (χ4n) is 4.69. The fraction of sp³-hybridized carbons (Fsp3) is 0.333. The fourth-order valence-corrected chi connectivity index (χ4v) is 5.29. The van der Waals surface area contributed by atoms with Gasteiger partial charge in [-0.15, -0.1) is 0 Å². The van der Waals surface area contributed by atoms with Crippen LogP contribution in [-0.4, -0.2) is 18.5 Å². The number of benzene rings is 2. The van der Waals surface area contributed by atoms with Gasteiger partial charge in [0.15, 0.2) is 17.3 Å². The summed E-state index contributed by atoms with van der Waals surface area (Å²) in [4.78, 5) is 25.8. The number of fused-ring (bicyclic) bond motifs is 1. The molecule has 2 aromatic carbocycles. The molecule has 0 saturated carbocycles. The number of nitrogens with one attached hydrogen (secondary N) is 1. The van der Waals surface area contributed by atoms with E-state index in [4.69, 9.17) is 9.47 Å². The second kappa shape index (κ2) is 7.58. The number of aryl methyl sites for hydroxylation is 1. The number of carbonyl (C=O) groups is 2. The lowest BCUT2D eigenvalue weighted by atomic mass is 9.73. The molecule has 2 aromatic rings. The topological polar surface area (TPSA) is 64.6 Å². The molecular weight excluding hydrogens is 446 g/mol. The zero-order valence-electron chi connectivity index (χ0n) is 16.7. The standard InChI is InChI=1S/C24H22BrNO4/c1-2-13-3-5-14(6-4-13)15-7-19-24(20(27)8-15)17(10-23(28)26-19)16-9-21-22(11-18(16)25)30-12-29-21/h3-6,9,11,15,17H,2,7-8,10,12H2,1H3,(H,26,28). The zero-order valence-corrected chi connectivity index (χ0v) is 18.3. The summed E-state index contributed by atoms with van der Waals surface area (Å²) in [5.41, 5.74) is 4.81. The van der Waals surface area contributed by atoms with Crippen LogP contribution in [0.25, 0.3) is 0 Å². The van der Waals surface area contributed by atoms with Crippen LogP contribution < -0.4 is 14.8 Å². The maximum Gasteiger partial charge on any atom is 0.231 e. The number of halogens is 1. The number of hydrogen-bond acceptors (Lipinski definition) is 4. The van der Waals surface area contributed by atoms with Crippen LogP contribution in [0, 0.1) is 0 Å². The third-order valence-corrected chi connectivity index (χ3v) is 6.95. The van der Waals surface area contributed by atoms with Crippen LogP contribution >= 0.6 is 15.9 Å². The Balaban J connectivity index is 1.51. The van der Waals surface area contributed by atoms with E-state index >= 15 is 0 Å². The van der Waals surface area contributed by atoms with E-state index in [2.05, 4.69) is 52.4 Å². The second-order valence-corrected chi connectivity index (χ2v) is 8.90. The Morgan fingerprint density at radius 3 is 2.50 bits per heavy atom. The molecule has 2 unspecified atom stereocenters.